The Morgan fingerprint density at radius 1 is 1.29 bits per heavy atom. The van der Waals surface area contributed by atoms with Gasteiger partial charge in [-0.05, 0) is 26.0 Å². The highest BCUT2D eigenvalue weighted by Crippen LogP contribution is 2.28. The molecule has 1 N–H and O–H groups in total. The van der Waals surface area contributed by atoms with E-state index < -0.39 is 0 Å². The highest BCUT2D eigenvalue weighted by molar-refractivity contribution is 5.74. The third-order valence-corrected chi connectivity index (χ3v) is 4.47. The van der Waals surface area contributed by atoms with Crippen LogP contribution in [-0.2, 0) is 11.2 Å². The van der Waals surface area contributed by atoms with Crippen LogP contribution in [0.1, 0.15) is 30.5 Å². The third kappa shape index (κ3) is 2.92. The molecular formula is C17H21N5O2. The standard InChI is InChI=1S/C17H21N5O2/c1-11-16(17-18-12(2)21-24-17)22(9-10-23-11)8-7-15-19-13-5-3-4-6-14(13)20-15/h3-6,11,16H,7-10H2,1-2H3,(H,19,20)/t11-,16+/m1/s1. The van der Waals surface area contributed by atoms with E-state index in [1.165, 1.54) is 0 Å². The summed E-state index contributed by atoms with van der Waals surface area (Å²) >= 11 is 0. The van der Waals surface area contributed by atoms with Gasteiger partial charge in [0.2, 0.25) is 5.89 Å². The SMILES string of the molecule is Cc1noc([C@@H]2[C@@H](C)OCCN2CCc2nc3ccccc3[nH]2)n1. The van der Waals surface area contributed by atoms with Gasteiger partial charge in [-0.1, -0.05) is 17.3 Å². The van der Waals surface area contributed by atoms with Gasteiger partial charge in [-0.2, -0.15) is 4.98 Å². The number of aryl methyl sites for hydroxylation is 1. The molecule has 1 saturated heterocycles. The molecule has 4 rings (SSSR count). The van der Waals surface area contributed by atoms with Gasteiger partial charge in [-0.25, -0.2) is 4.98 Å². The maximum Gasteiger partial charge on any atom is 0.246 e. The second kappa shape index (κ2) is 6.33. The van der Waals surface area contributed by atoms with Crippen LogP contribution < -0.4 is 0 Å². The number of rotatable bonds is 4. The molecule has 7 nitrogen and oxygen atoms in total. The normalized spacial score (nSPS) is 22.2. The van der Waals surface area contributed by atoms with Crippen molar-refractivity contribution in [3.8, 4) is 0 Å². The number of para-hydroxylation sites is 2. The Morgan fingerprint density at radius 3 is 2.96 bits per heavy atom. The van der Waals surface area contributed by atoms with E-state index in [2.05, 4.69) is 31.9 Å². The van der Waals surface area contributed by atoms with Crippen LogP contribution in [0.5, 0.6) is 0 Å². The maximum absolute atomic E-state index is 5.79. The second-order valence-corrected chi connectivity index (χ2v) is 6.19. The minimum atomic E-state index is -0.00988. The Kier molecular flexibility index (Phi) is 4.03. The highest BCUT2D eigenvalue weighted by Gasteiger charge is 2.34. The summed E-state index contributed by atoms with van der Waals surface area (Å²) in [5.41, 5.74) is 2.08. The van der Waals surface area contributed by atoms with E-state index in [1.54, 1.807) is 0 Å². The van der Waals surface area contributed by atoms with Crippen molar-refractivity contribution in [3.05, 3.63) is 41.8 Å². The van der Waals surface area contributed by atoms with Gasteiger partial charge in [0.1, 0.15) is 11.9 Å². The number of H-pyrrole nitrogens is 1. The van der Waals surface area contributed by atoms with Crippen LogP contribution >= 0.6 is 0 Å². The molecule has 1 aromatic carbocycles. The van der Waals surface area contributed by atoms with E-state index in [1.807, 2.05) is 31.2 Å². The molecule has 0 aliphatic carbocycles. The van der Waals surface area contributed by atoms with Gasteiger partial charge in [0.25, 0.3) is 0 Å². The number of hydrogen-bond donors (Lipinski definition) is 1. The van der Waals surface area contributed by atoms with Gasteiger partial charge in [-0.15, -0.1) is 0 Å². The van der Waals surface area contributed by atoms with Gasteiger partial charge in [0, 0.05) is 19.5 Å². The second-order valence-electron chi connectivity index (χ2n) is 6.19. The monoisotopic (exact) mass is 327 g/mol. The van der Waals surface area contributed by atoms with Crippen LogP contribution in [0.3, 0.4) is 0 Å². The van der Waals surface area contributed by atoms with Crippen LogP contribution in [0.2, 0.25) is 0 Å². The number of nitrogens with one attached hydrogen (secondary N) is 1. The van der Waals surface area contributed by atoms with Gasteiger partial charge in [0.05, 0.1) is 23.7 Å². The first-order valence-corrected chi connectivity index (χ1v) is 8.30. The van der Waals surface area contributed by atoms with Gasteiger partial charge < -0.3 is 14.2 Å². The first-order valence-electron chi connectivity index (χ1n) is 8.30. The summed E-state index contributed by atoms with van der Waals surface area (Å²) in [5, 5.41) is 3.92. The summed E-state index contributed by atoms with van der Waals surface area (Å²) in [6.07, 6.45) is 0.861. The summed E-state index contributed by atoms with van der Waals surface area (Å²) in [5.74, 6) is 2.28. The molecule has 24 heavy (non-hydrogen) atoms. The Labute approximate surface area is 140 Å². The molecule has 0 saturated carbocycles. The minimum absolute atomic E-state index is 0.00988. The van der Waals surface area contributed by atoms with Crippen molar-refractivity contribution in [2.45, 2.75) is 32.4 Å². The molecule has 1 fully saturated rings. The van der Waals surface area contributed by atoms with Crippen molar-refractivity contribution in [2.24, 2.45) is 0 Å². The van der Waals surface area contributed by atoms with Crippen molar-refractivity contribution in [1.29, 1.82) is 0 Å². The lowest BCUT2D eigenvalue weighted by Gasteiger charge is -2.37. The van der Waals surface area contributed by atoms with E-state index >= 15 is 0 Å². The van der Waals surface area contributed by atoms with E-state index in [4.69, 9.17) is 9.26 Å². The number of nitrogens with zero attached hydrogens (tertiary/aromatic N) is 4. The van der Waals surface area contributed by atoms with Crippen molar-refractivity contribution < 1.29 is 9.26 Å². The number of aromatic nitrogens is 4. The molecule has 3 aromatic rings. The number of fused-ring (bicyclic) bond motifs is 1. The number of benzene rings is 1. The Bertz CT molecular complexity index is 794. The first-order chi connectivity index (χ1) is 11.7. The zero-order valence-electron chi connectivity index (χ0n) is 13.9. The van der Waals surface area contributed by atoms with E-state index in [-0.39, 0.29) is 12.1 Å². The molecule has 0 radical (unpaired) electrons. The summed E-state index contributed by atoms with van der Waals surface area (Å²) in [7, 11) is 0. The zero-order chi connectivity index (χ0) is 16.5. The number of morpholine rings is 1. The lowest BCUT2D eigenvalue weighted by Crippen LogP contribution is -2.45. The van der Waals surface area contributed by atoms with E-state index in [0.29, 0.717) is 18.3 Å². The molecular weight excluding hydrogens is 306 g/mol. The molecule has 126 valence electrons. The van der Waals surface area contributed by atoms with Gasteiger partial charge in [0.15, 0.2) is 5.82 Å². The van der Waals surface area contributed by atoms with Crippen LogP contribution in [0.15, 0.2) is 28.8 Å². The first kappa shape index (κ1) is 15.3. The molecule has 1 aliphatic rings. The number of ether oxygens (including phenoxy) is 1. The lowest BCUT2D eigenvalue weighted by atomic mass is 10.1. The Balaban J connectivity index is 1.50. The third-order valence-electron chi connectivity index (χ3n) is 4.47. The Hall–Kier alpha value is -2.25. The summed E-state index contributed by atoms with van der Waals surface area (Å²) < 4.78 is 11.2. The molecule has 0 bridgehead atoms. The topological polar surface area (TPSA) is 80.1 Å². The van der Waals surface area contributed by atoms with Crippen LogP contribution in [0, 0.1) is 6.92 Å². The number of imidazole rings is 1. The van der Waals surface area contributed by atoms with E-state index in [9.17, 15) is 0 Å². The van der Waals surface area contributed by atoms with Crippen molar-refractivity contribution in [3.63, 3.8) is 0 Å². The molecule has 2 atom stereocenters. The Morgan fingerprint density at radius 2 is 2.17 bits per heavy atom. The summed E-state index contributed by atoms with van der Waals surface area (Å²) in [6.45, 7) is 6.30. The molecule has 0 amide bonds. The molecule has 7 heteroatoms. The predicted molar refractivity (Wildman–Crippen MR) is 88.6 cm³/mol. The van der Waals surface area contributed by atoms with E-state index in [0.717, 1.165) is 36.4 Å². The lowest BCUT2D eigenvalue weighted by molar-refractivity contribution is -0.0724. The highest BCUT2D eigenvalue weighted by atomic mass is 16.5. The van der Waals surface area contributed by atoms with Crippen molar-refractivity contribution in [1.82, 2.24) is 25.0 Å². The fourth-order valence-corrected chi connectivity index (χ4v) is 3.30. The minimum Gasteiger partial charge on any atom is -0.375 e. The molecule has 0 spiro atoms. The van der Waals surface area contributed by atoms with Gasteiger partial charge >= 0.3 is 0 Å². The predicted octanol–water partition coefficient (Wildman–Crippen LogP) is 2.26. The largest absolute Gasteiger partial charge is 0.375 e. The fraction of sp³-hybridized carbons (Fsp3) is 0.471. The van der Waals surface area contributed by atoms with Crippen molar-refractivity contribution >= 4 is 11.0 Å². The zero-order valence-corrected chi connectivity index (χ0v) is 13.9. The molecule has 2 aromatic heterocycles. The average Bonchev–Trinajstić information content (AvgIpc) is 3.18. The summed E-state index contributed by atoms with van der Waals surface area (Å²) in [4.78, 5) is 14.8. The van der Waals surface area contributed by atoms with Crippen LogP contribution in [0.25, 0.3) is 11.0 Å². The number of hydrogen-bond acceptors (Lipinski definition) is 6. The smallest absolute Gasteiger partial charge is 0.246 e. The fourth-order valence-electron chi connectivity index (χ4n) is 3.30. The molecule has 0 unspecified atom stereocenters. The quantitative estimate of drug-likeness (QED) is 0.792. The van der Waals surface area contributed by atoms with Crippen LogP contribution in [0.4, 0.5) is 0 Å². The van der Waals surface area contributed by atoms with Crippen molar-refractivity contribution in [2.75, 3.05) is 19.7 Å². The van der Waals surface area contributed by atoms with Gasteiger partial charge in [-0.3, -0.25) is 4.90 Å². The maximum atomic E-state index is 5.79. The average molecular weight is 327 g/mol. The molecule has 1 aliphatic heterocycles. The van der Waals surface area contributed by atoms with Crippen LogP contribution in [-0.4, -0.2) is 50.8 Å². The summed E-state index contributed by atoms with van der Waals surface area (Å²) in [6, 6.07) is 8.08. The molecule has 3 heterocycles. The number of aromatic amines is 1.